The number of nitrogens with one attached hydrogen (secondary N) is 2. The first kappa shape index (κ1) is 21.6. The summed E-state index contributed by atoms with van der Waals surface area (Å²) in [7, 11) is 0. The molecule has 30 heavy (non-hydrogen) atoms. The zero-order chi connectivity index (χ0) is 21.7. The van der Waals surface area contributed by atoms with Crippen LogP contribution in [0.3, 0.4) is 0 Å². The third-order valence-corrected chi connectivity index (χ3v) is 4.49. The molecule has 1 aliphatic rings. The van der Waals surface area contributed by atoms with E-state index >= 15 is 0 Å². The molecule has 0 bridgehead atoms. The van der Waals surface area contributed by atoms with E-state index in [2.05, 4.69) is 10.6 Å². The van der Waals surface area contributed by atoms with Gasteiger partial charge >= 0.3 is 6.18 Å². The van der Waals surface area contributed by atoms with E-state index in [1.807, 2.05) is 0 Å². The molecule has 0 aromatic heterocycles. The Morgan fingerprint density at radius 2 is 1.70 bits per heavy atom. The zero-order valence-electron chi connectivity index (χ0n) is 15.9. The molecule has 0 saturated heterocycles. The van der Waals surface area contributed by atoms with Gasteiger partial charge in [0.05, 0.1) is 5.56 Å². The fraction of sp³-hybridized carbons (Fsp3) is 0.333. The number of hydrogen-bond acceptors (Lipinski definition) is 4. The van der Waals surface area contributed by atoms with Crippen LogP contribution in [0.15, 0.2) is 48.5 Å². The Morgan fingerprint density at radius 1 is 1.07 bits per heavy atom. The molecule has 1 fully saturated rings. The van der Waals surface area contributed by atoms with E-state index in [0.29, 0.717) is 11.3 Å². The first-order chi connectivity index (χ1) is 14.2. The lowest BCUT2D eigenvalue weighted by molar-refractivity contribution is -0.137. The summed E-state index contributed by atoms with van der Waals surface area (Å²) in [4.78, 5) is 23.9. The van der Waals surface area contributed by atoms with Crippen molar-refractivity contribution < 1.29 is 32.6 Å². The molecule has 2 aromatic rings. The Hall–Kier alpha value is -3.07. The highest BCUT2D eigenvalue weighted by Gasteiger charge is 2.30. The summed E-state index contributed by atoms with van der Waals surface area (Å²) in [6.07, 6.45) is -3.68. The van der Waals surface area contributed by atoms with Crippen LogP contribution in [-0.2, 0) is 11.0 Å². The quantitative estimate of drug-likeness (QED) is 0.610. The van der Waals surface area contributed by atoms with Crippen LogP contribution in [-0.4, -0.2) is 36.2 Å². The summed E-state index contributed by atoms with van der Waals surface area (Å²) in [5, 5.41) is 15.2. The summed E-state index contributed by atoms with van der Waals surface area (Å²) < 4.78 is 42.8. The van der Waals surface area contributed by atoms with Gasteiger partial charge in [0.15, 0.2) is 0 Å². The Bertz CT molecular complexity index is 879. The second-order valence-electron chi connectivity index (χ2n) is 7.04. The van der Waals surface area contributed by atoms with Crippen molar-refractivity contribution in [2.24, 2.45) is 5.92 Å². The number of anilines is 1. The van der Waals surface area contributed by atoms with Crippen molar-refractivity contribution >= 4 is 17.5 Å². The molecule has 0 heterocycles. The average Bonchev–Trinajstić information content (AvgIpc) is 3.56. The Balaban J connectivity index is 1.41. The minimum absolute atomic E-state index is 0.0247. The predicted molar refractivity (Wildman–Crippen MR) is 103 cm³/mol. The lowest BCUT2D eigenvalue weighted by atomic mass is 10.2. The zero-order valence-corrected chi connectivity index (χ0v) is 15.9. The molecule has 2 amide bonds. The molecule has 9 heteroatoms. The highest BCUT2D eigenvalue weighted by Crippen LogP contribution is 2.31. The van der Waals surface area contributed by atoms with Gasteiger partial charge in [0.25, 0.3) is 5.91 Å². The van der Waals surface area contributed by atoms with Gasteiger partial charge in [-0.15, -0.1) is 0 Å². The van der Waals surface area contributed by atoms with E-state index in [1.165, 1.54) is 0 Å². The lowest BCUT2D eigenvalue weighted by Crippen LogP contribution is -2.35. The molecule has 1 aliphatic carbocycles. The number of carbonyl (C=O) groups excluding carboxylic acids is 2. The predicted octanol–water partition coefficient (Wildman–Crippen LogP) is 3.22. The number of aliphatic hydroxyl groups excluding tert-OH is 1. The highest BCUT2D eigenvalue weighted by molar-refractivity contribution is 5.96. The topological polar surface area (TPSA) is 87.7 Å². The van der Waals surface area contributed by atoms with Crippen molar-refractivity contribution in [2.45, 2.75) is 25.1 Å². The number of alkyl halides is 3. The van der Waals surface area contributed by atoms with Crippen LogP contribution in [0.5, 0.6) is 5.75 Å². The SMILES string of the molecule is O=C(NCC(O)COc1ccc(C(F)(F)F)cc1)c1ccc(NC(=O)C2CC2)cc1. The number of carbonyl (C=O) groups is 2. The van der Waals surface area contributed by atoms with Crippen LogP contribution in [0.4, 0.5) is 18.9 Å². The van der Waals surface area contributed by atoms with Crippen LogP contribution in [0, 0.1) is 5.92 Å². The van der Waals surface area contributed by atoms with E-state index in [1.54, 1.807) is 24.3 Å². The third-order valence-electron chi connectivity index (χ3n) is 4.49. The number of hydrogen-bond donors (Lipinski definition) is 3. The van der Waals surface area contributed by atoms with Gasteiger partial charge in [-0.1, -0.05) is 0 Å². The number of rotatable bonds is 8. The van der Waals surface area contributed by atoms with Crippen molar-refractivity contribution in [3.8, 4) is 5.75 Å². The molecule has 0 aliphatic heterocycles. The van der Waals surface area contributed by atoms with Crippen molar-refractivity contribution in [1.82, 2.24) is 5.32 Å². The molecule has 160 valence electrons. The lowest BCUT2D eigenvalue weighted by Gasteiger charge is -2.14. The van der Waals surface area contributed by atoms with Crippen molar-refractivity contribution in [3.63, 3.8) is 0 Å². The maximum absolute atomic E-state index is 12.5. The standard InChI is InChI=1S/C21H21F3N2O4/c22-21(23,24)15-5-9-18(10-6-15)30-12-17(27)11-25-19(28)13-3-7-16(8-4-13)26-20(29)14-1-2-14/h3-10,14,17,27H,1-2,11-12H2,(H,25,28)(H,26,29). The van der Waals surface area contributed by atoms with Crippen LogP contribution in [0.25, 0.3) is 0 Å². The molecule has 0 radical (unpaired) electrons. The Morgan fingerprint density at radius 3 is 2.27 bits per heavy atom. The molecule has 3 N–H and O–H groups in total. The van der Waals surface area contributed by atoms with Crippen LogP contribution in [0.2, 0.25) is 0 Å². The highest BCUT2D eigenvalue weighted by atomic mass is 19.4. The number of benzene rings is 2. The number of halogens is 3. The molecule has 3 rings (SSSR count). The maximum atomic E-state index is 12.5. The molecule has 2 aromatic carbocycles. The van der Waals surface area contributed by atoms with Gasteiger partial charge in [-0.25, -0.2) is 0 Å². The molecule has 6 nitrogen and oxygen atoms in total. The van der Waals surface area contributed by atoms with Gasteiger partial charge in [0, 0.05) is 23.7 Å². The van der Waals surface area contributed by atoms with Crippen molar-refractivity contribution in [1.29, 1.82) is 0 Å². The normalized spacial score (nSPS) is 14.7. The minimum atomic E-state index is -4.43. The maximum Gasteiger partial charge on any atom is 0.416 e. The minimum Gasteiger partial charge on any atom is -0.491 e. The first-order valence-electron chi connectivity index (χ1n) is 9.39. The molecule has 1 unspecified atom stereocenters. The Labute approximate surface area is 171 Å². The number of amides is 2. The fourth-order valence-electron chi connectivity index (χ4n) is 2.60. The third kappa shape index (κ3) is 6.21. The van der Waals surface area contributed by atoms with Gasteiger partial charge in [0.1, 0.15) is 18.5 Å². The smallest absolute Gasteiger partial charge is 0.416 e. The van der Waals surface area contributed by atoms with Crippen LogP contribution < -0.4 is 15.4 Å². The fourth-order valence-corrected chi connectivity index (χ4v) is 2.60. The number of aliphatic hydroxyl groups is 1. The molecule has 1 saturated carbocycles. The van der Waals surface area contributed by atoms with Gasteiger partial charge in [0.2, 0.25) is 5.91 Å². The summed E-state index contributed by atoms with van der Waals surface area (Å²) in [6, 6.07) is 10.5. The van der Waals surface area contributed by atoms with E-state index in [9.17, 15) is 27.9 Å². The molecule has 0 spiro atoms. The summed E-state index contributed by atoms with van der Waals surface area (Å²) in [6.45, 7) is -0.294. The Kier molecular flexibility index (Phi) is 6.61. The van der Waals surface area contributed by atoms with Gasteiger partial charge < -0.3 is 20.5 Å². The average molecular weight is 422 g/mol. The molecule has 1 atom stereocenters. The van der Waals surface area contributed by atoms with Crippen molar-refractivity contribution in [2.75, 3.05) is 18.5 Å². The molecular weight excluding hydrogens is 401 g/mol. The summed E-state index contributed by atoms with van der Waals surface area (Å²) in [5.74, 6) is -0.177. The molecular formula is C21H21F3N2O4. The summed E-state index contributed by atoms with van der Waals surface area (Å²) >= 11 is 0. The van der Waals surface area contributed by atoms with Gasteiger partial charge in [-0.2, -0.15) is 13.2 Å². The summed E-state index contributed by atoms with van der Waals surface area (Å²) in [5.41, 5.74) is 0.171. The monoisotopic (exact) mass is 422 g/mol. The van der Waals surface area contributed by atoms with Gasteiger partial charge in [-0.3, -0.25) is 9.59 Å². The second kappa shape index (κ2) is 9.17. The van der Waals surface area contributed by atoms with Crippen LogP contribution >= 0.6 is 0 Å². The van der Waals surface area contributed by atoms with E-state index in [-0.39, 0.29) is 30.7 Å². The number of ether oxygens (including phenoxy) is 1. The van der Waals surface area contributed by atoms with E-state index < -0.39 is 23.8 Å². The van der Waals surface area contributed by atoms with Crippen molar-refractivity contribution in [3.05, 3.63) is 59.7 Å². The van der Waals surface area contributed by atoms with Crippen LogP contribution in [0.1, 0.15) is 28.8 Å². The second-order valence-corrected chi connectivity index (χ2v) is 7.04. The largest absolute Gasteiger partial charge is 0.491 e. The first-order valence-corrected chi connectivity index (χ1v) is 9.39. The van der Waals surface area contributed by atoms with E-state index in [0.717, 1.165) is 37.1 Å². The van der Waals surface area contributed by atoms with Gasteiger partial charge in [-0.05, 0) is 61.4 Å². The van der Waals surface area contributed by atoms with E-state index in [4.69, 9.17) is 4.74 Å².